The molecule has 134 valence electrons. The van der Waals surface area contributed by atoms with Crippen LogP contribution in [0.25, 0.3) is 10.9 Å². The van der Waals surface area contributed by atoms with Gasteiger partial charge in [-0.1, -0.05) is 26.0 Å². The first-order valence-corrected chi connectivity index (χ1v) is 8.46. The molecule has 2 aromatic heterocycles. The molecule has 3 rings (SSSR count). The maximum atomic E-state index is 13.0. The Balaban J connectivity index is 2.18. The van der Waals surface area contributed by atoms with E-state index in [0.29, 0.717) is 23.1 Å². The quantitative estimate of drug-likeness (QED) is 0.755. The number of anilines is 1. The molecule has 2 heterocycles. The van der Waals surface area contributed by atoms with Gasteiger partial charge in [-0.2, -0.15) is 0 Å². The number of pyridine rings is 2. The number of hydrogen-bond donors (Lipinski definition) is 2. The second kappa shape index (κ2) is 7.00. The average molecular weight is 351 g/mol. The van der Waals surface area contributed by atoms with Crippen LogP contribution in [-0.2, 0) is 6.54 Å². The Morgan fingerprint density at radius 3 is 2.69 bits per heavy atom. The molecule has 0 radical (unpaired) electrons. The zero-order valence-corrected chi connectivity index (χ0v) is 15.0. The van der Waals surface area contributed by atoms with Crippen molar-refractivity contribution >= 4 is 22.5 Å². The highest BCUT2D eigenvalue weighted by Crippen LogP contribution is 2.27. The molecule has 0 spiro atoms. The molecule has 6 heteroatoms. The highest BCUT2D eigenvalue weighted by molar-refractivity contribution is 6.09. The lowest BCUT2D eigenvalue weighted by Crippen LogP contribution is -2.31. The molecule has 1 aromatic carbocycles. The summed E-state index contributed by atoms with van der Waals surface area (Å²) in [5.41, 5.74) is 1.18. The highest BCUT2D eigenvalue weighted by atomic mass is 16.3. The zero-order chi connectivity index (χ0) is 18.8. The lowest BCUT2D eigenvalue weighted by atomic mass is 10.1. The molecule has 26 heavy (non-hydrogen) atoms. The summed E-state index contributed by atoms with van der Waals surface area (Å²) < 4.78 is 1.55. The molecule has 6 nitrogen and oxygen atoms in total. The van der Waals surface area contributed by atoms with Crippen molar-refractivity contribution in [2.75, 3.05) is 5.32 Å². The van der Waals surface area contributed by atoms with Crippen LogP contribution in [0.3, 0.4) is 0 Å². The van der Waals surface area contributed by atoms with E-state index in [4.69, 9.17) is 0 Å². The molecule has 0 saturated carbocycles. The van der Waals surface area contributed by atoms with Crippen molar-refractivity contribution in [1.82, 2.24) is 9.55 Å². The van der Waals surface area contributed by atoms with Gasteiger partial charge < -0.3 is 15.0 Å². The predicted octanol–water partition coefficient (Wildman–Crippen LogP) is 3.32. The van der Waals surface area contributed by atoms with Gasteiger partial charge in [0.25, 0.3) is 11.5 Å². The van der Waals surface area contributed by atoms with Gasteiger partial charge >= 0.3 is 0 Å². The SMILES string of the molecule is Cc1cnccc1NC(=O)c1c(O)c2ccccc2n(CC(C)C)c1=O. The van der Waals surface area contributed by atoms with E-state index in [-0.39, 0.29) is 17.2 Å². The number of aromatic nitrogens is 2. The Hall–Kier alpha value is -3.15. The summed E-state index contributed by atoms with van der Waals surface area (Å²) >= 11 is 0. The van der Waals surface area contributed by atoms with Crippen LogP contribution >= 0.6 is 0 Å². The lowest BCUT2D eigenvalue weighted by molar-refractivity contribution is 0.102. The first-order valence-electron chi connectivity index (χ1n) is 8.46. The van der Waals surface area contributed by atoms with E-state index >= 15 is 0 Å². The first kappa shape index (κ1) is 17.7. The number of carbonyl (C=O) groups is 1. The fourth-order valence-electron chi connectivity index (χ4n) is 2.94. The summed E-state index contributed by atoms with van der Waals surface area (Å²) in [5.74, 6) is -0.723. The molecule has 0 bridgehead atoms. The summed E-state index contributed by atoms with van der Waals surface area (Å²) in [4.78, 5) is 29.8. The van der Waals surface area contributed by atoms with Crippen LogP contribution in [0.5, 0.6) is 5.75 Å². The Labute approximate surface area is 151 Å². The van der Waals surface area contributed by atoms with Gasteiger partial charge in [0.1, 0.15) is 11.3 Å². The van der Waals surface area contributed by atoms with Gasteiger partial charge in [-0.25, -0.2) is 0 Å². The van der Waals surface area contributed by atoms with Crippen LogP contribution in [0, 0.1) is 12.8 Å². The number of fused-ring (bicyclic) bond motifs is 1. The van der Waals surface area contributed by atoms with Crippen LogP contribution in [0.15, 0.2) is 47.5 Å². The van der Waals surface area contributed by atoms with Crippen molar-refractivity contribution in [3.05, 3.63) is 64.2 Å². The minimum Gasteiger partial charge on any atom is -0.506 e. The van der Waals surface area contributed by atoms with E-state index in [1.54, 1.807) is 54.2 Å². The fraction of sp³-hybridized carbons (Fsp3) is 0.250. The van der Waals surface area contributed by atoms with Gasteiger partial charge in [0.2, 0.25) is 0 Å². The maximum Gasteiger partial charge on any atom is 0.267 e. The molecule has 2 N–H and O–H groups in total. The molecule has 0 saturated heterocycles. The second-order valence-electron chi connectivity index (χ2n) is 6.70. The fourth-order valence-corrected chi connectivity index (χ4v) is 2.94. The standard InChI is InChI=1S/C20H21N3O3/c1-12(2)11-23-16-7-5-4-6-14(16)18(24)17(20(23)26)19(25)22-15-8-9-21-10-13(15)3/h4-10,12,24H,11H2,1-3H3,(H,21,22,25). The predicted molar refractivity (Wildman–Crippen MR) is 102 cm³/mol. The van der Waals surface area contributed by atoms with Gasteiger partial charge in [0, 0.05) is 30.0 Å². The molecule has 0 atom stereocenters. The van der Waals surface area contributed by atoms with Gasteiger partial charge in [0.05, 0.1) is 5.52 Å². The Morgan fingerprint density at radius 2 is 2.00 bits per heavy atom. The van der Waals surface area contributed by atoms with E-state index in [9.17, 15) is 14.7 Å². The smallest absolute Gasteiger partial charge is 0.267 e. The molecule has 3 aromatic rings. The number of amides is 1. The molecule has 0 fully saturated rings. The Bertz CT molecular complexity index is 1040. The summed E-state index contributed by atoms with van der Waals surface area (Å²) in [6.45, 7) is 6.25. The summed E-state index contributed by atoms with van der Waals surface area (Å²) in [7, 11) is 0. The van der Waals surface area contributed by atoms with Crippen LogP contribution in [0.2, 0.25) is 0 Å². The second-order valence-corrected chi connectivity index (χ2v) is 6.70. The van der Waals surface area contributed by atoms with Crippen molar-refractivity contribution < 1.29 is 9.90 Å². The molecular formula is C20H21N3O3. The minimum absolute atomic E-state index is 0.207. The first-order chi connectivity index (χ1) is 12.4. The number of aromatic hydroxyl groups is 1. The average Bonchev–Trinajstić information content (AvgIpc) is 2.60. The molecule has 0 unspecified atom stereocenters. The molecular weight excluding hydrogens is 330 g/mol. The number of aryl methyl sites for hydroxylation is 1. The van der Waals surface area contributed by atoms with E-state index in [0.717, 1.165) is 5.56 Å². The number of para-hydroxylation sites is 1. The van der Waals surface area contributed by atoms with Crippen LogP contribution in [0.1, 0.15) is 29.8 Å². The topological polar surface area (TPSA) is 84.2 Å². The number of nitrogens with one attached hydrogen (secondary N) is 1. The number of benzene rings is 1. The third kappa shape index (κ3) is 3.18. The molecule has 0 aliphatic rings. The van der Waals surface area contributed by atoms with E-state index in [1.807, 2.05) is 13.8 Å². The number of carbonyl (C=O) groups excluding carboxylic acids is 1. The normalized spacial score (nSPS) is 11.1. The highest BCUT2D eigenvalue weighted by Gasteiger charge is 2.22. The summed E-state index contributed by atoms with van der Waals surface area (Å²) in [6.07, 6.45) is 3.17. The number of hydrogen-bond acceptors (Lipinski definition) is 4. The molecule has 0 aliphatic heterocycles. The van der Waals surface area contributed by atoms with Crippen molar-refractivity contribution in [1.29, 1.82) is 0 Å². The van der Waals surface area contributed by atoms with Crippen LogP contribution in [0.4, 0.5) is 5.69 Å². The van der Waals surface area contributed by atoms with Crippen molar-refractivity contribution in [3.63, 3.8) is 0 Å². The van der Waals surface area contributed by atoms with E-state index in [1.165, 1.54) is 0 Å². The van der Waals surface area contributed by atoms with Gasteiger partial charge in [-0.05, 0) is 36.6 Å². The van der Waals surface area contributed by atoms with Gasteiger partial charge in [0.15, 0.2) is 0 Å². The minimum atomic E-state index is -0.634. The lowest BCUT2D eigenvalue weighted by Gasteiger charge is -2.16. The van der Waals surface area contributed by atoms with Crippen molar-refractivity contribution in [2.45, 2.75) is 27.3 Å². The largest absolute Gasteiger partial charge is 0.506 e. The Kier molecular flexibility index (Phi) is 4.75. The molecule has 0 aliphatic carbocycles. The zero-order valence-electron chi connectivity index (χ0n) is 15.0. The van der Waals surface area contributed by atoms with Crippen LogP contribution in [-0.4, -0.2) is 20.6 Å². The number of nitrogens with zero attached hydrogens (tertiary/aromatic N) is 2. The maximum absolute atomic E-state index is 13.0. The Morgan fingerprint density at radius 1 is 1.27 bits per heavy atom. The van der Waals surface area contributed by atoms with Crippen molar-refractivity contribution in [2.24, 2.45) is 5.92 Å². The van der Waals surface area contributed by atoms with Crippen LogP contribution < -0.4 is 10.9 Å². The van der Waals surface area contributed by atoms with E-state index < -0.39 is 11.5 Å². The number of rotatable bonds is 4. The third-order valence-corrected chi connectivity index (χ3v) is 4.19. The van der Waals surface area contributed by atoms with Crippen molar-refractivity contribution in [3.8, 4) is 5.75 Å². The van der Waals surface area contributed by atoms with E-state index in [2.05, 4.69) is 10.3 Å². The summed E-state index contributed by atoms with van der Waals surface area (Å²) in [6, 6.07) is 8.69. The summed E-state index contributed by atoms with van der Waals surface area (Å²) in [5, 5.41) is 13.8. The third-order valence-electron chi connectivity index (χ3n) is 4.19. The van der Waals surface area contributed by atoms with Gasteiger partial charge in [-0.3, -0.25) is 14.6 Å². The monoisotopic (exact) mass is 351 g/mol. The van der Waals surface area contributed by atoms with Gasteiger partial charge in [-0.15, -0.1) is 0 Å². The molecule has 1 amide bonds.